The van der Waals surface area contributed by atoms with Gasteiger partial charge in [-0.2, -0.15) is 0 Å². The van der Waals surface area contributed by atoms with E-state index in [2.05, 4.69) is 0 Å². The van der Waals surface area contributed by atoms with E-state index in [1.807, 2.05) is 60.7 Å². The van der Waals surface area contributed by atoms with E-state index >= 15 is 0 Å². The summed E-state index contributed by atoms with van der Waals surface area (Å²) >= 11 is 0. The predicted molar refractivity (Wildman–Crippen MR) is 74.9 cm³/mol. The van der Waals surface area contributed by atoms with Crippen LogP contribution in [-0.4, -0.2) is 8.42 Å². The second-order valence-corrected chi connectivity index (χ2v) is 4.80. The van der Waals surface area contributed by atoms with Gasteiger partial charge in [0.15, 0.2) is 10.7 Å². The standard InChI is InChI=1S/C15H14O2S/c16-18(17)12-15(14-9-5-2-6-10-14)11-13-7-3-1-4-8-13/h1-10,12,18H,11H2. The normalized spacial score (nSPS) is 11.7. The van der Waals surface area contributed by atoms with Gasteiger partial charge in [-0.3, -0.25) is 0 Å². The molecule has 2 aromatic rings. The predicted octanol–water partition coefficient (Wildman–Crippen LogP) is 2.88. The molecule has 2 nitrogen and oxygen atoms in total. The van der Waals surface area contributed by atoms with Gasteiger partial charge in [0.1, 0.15) is 0 Å². The zero-order valence-electron chi connectivity index (χ0n) is 9.82. The van der Waals surface area contributed by atoms with Crippen molar-refractivity contribution in [3.63, 3.8) is 0 Å². The maximum atomic E-state index is 10.9. The average molecular weight is 258 g/mol. The number of benzene rings is 2. The first-order chi connectivity index (χ1) is 8.75. The van der Waals surface area contributed by atoms with Crippen LogP contribution in [0.15, 0.2) is 66.1 Å². The van der Waals surface area contributed by atoms with Crippen LogP contribution >= 0.6 is 0 Å². The zero-order chi connectivity index (χ0) is 12.8. The Morgan fingerprint density at radius 3 is 2.00 bits per heavy atom. The van der Waals surface area contributed by atoms with Crippen molar-refractivity contribution in [3.05, 3.63) is 77.2 Å². The third-order valence-corrected chi connectivity index (χ3v) is 3.17. The van der Waals surface area contributed by atoms with Crippen LogP contribution in [-0.2, 0) is 17.1 Å². The SMILES string of the molecule is O=[SH](=O)C=C(Cc1ccccc1)c1ccccc1. The average Bonchev–Trinajstić information content (AvgIpc) is 2.40. The minimum absolute atomic E-state index is 0.619. The molecular formula is C15H14O2S. The van der Waals surface area contributed by atoms with Gasteiger partial charge in [0, 0.05) is 5.41 Å². The number of hydrogen-bond donors (Lipinski definition) is 1. The van der Waals surface area contributed by atoms with Gasteiger partial charge in [-0.25, -0.2) is 8.42 Å². The van der Waals surface area contributed by atoms with Gasteiger partial charge in [-0.15, -0.1) is 0 Å². The Balaban J connectivity index is 2.33. The fourth-order valence-corrected chi connectivity index (χ4v) is 2.31. The van der Waals surface area contributed by atoms with E-state index in [0.717, 1.165) is 16.7 Å². The highest BCUT2D eigenvalue weighted by atomic mass is 32.2. The molecule has 0 heterocycles. The van der Waals surface area contributed by atoms with E-state index in [1.165, 1.54) is 5.41 Å². The Kier molecular flexibility index (Phi) is 4.31. The fraction of sp³-hybridized carbons (Fsp3) is 0.0667. The summed E-state index contributed by atoms with van der Waals surface area (Å²) < 4.78 is 21.9. The van der Waals surface area contributed by atoms with E-state index in [1.54, 1.807) is 0 Å². The maximum absolute atomic E-state index is 10.9. The van der Waals surface area contributed by atoms with Gasteiger partial charge in [0.2, 0.25) is 0 Å². The summed E-state index contributed by atoms with van der Waals surface area (Å²) in [5.41, 5.74) is 2.86. The third-order valence-electron chi connectivity index (χ3n) is 2.64. The Labute approximate surface area is 109 Å². The van der Waals surface area contributed by atoms with Crippen LogP contribution in [0.4, 0.5) is 0 Å². The second kappa shape index (κ2) is 6.17. The highest BCUT2D eigenvalue weighted by molar-refractivity contribution is 7.75. The molecule has 0 aliphatic rings. The first-order valence-electron chi connectivity index (χ1n) is 5.69. The van der Waals surface area contributed by atoms with E-state index in [9.17, 15) is 8.42 Å². The molecule has 0 radical (unpaired) electrons. The number of thiol groups is 1. The van der Waals surface area contributed by atoms with E-state index in [0.29, 0.717) is 6.42 Å². The van der Waals surface area contributed by atoms with Crippen molar-refractivity contribution in [2.75, 3.05) is 0 Å². The smallest absolute Gasteiger partial charge is 0.161 e. The molecule has 0 atom stereocenters. The molecular weight excluding hydrogens is 244 g/mol. The van der Waals surface area contributed by atoms with Gasteiger partial charge < -0.3 is 0 Å². The van der Waals surface area contributed by atoms with Gasteiger partial charge in [-0.05, 0) is 23.1 Å². The molecule has 0 fully saturated rings. The topological polar surface area (TPSA) is 34.1 Å². The minimum Gasteiger partial charge on any atom is -0.227 e. The summed E-state index contributed by atoms with van der Waals surface area (Å²) in [5, 5.41) is 1.32. The van der Waals surface area contributed by atoms with Crippen molar-refractivity contribution in [1.82, 2.24) is 0 Å². The van der Waals surface area contributed by atoms with E-state index in [4.69, 9.17) is 0 Å². The first-order valence-corrected chi connectivity index (χ1v) is 6.94. The first kappa shape index (κ1) is 12.6. The maximum Gasteiger partial charge on any atom is 0.161 e. The molecule has 0 aliphatic heterocycles. The molecule has 2 aromatic carbocycles. The lowest BCUT2D eigenvalue weighted by atomic mass is 10.00. The van der Waals surface area contributed by atoms with Crippen LogP contribution in [0.5, 0.6) is 0 Å². The van der Waals surface area contributed by atoms with Crippen LogP contribution in [0.2, 0.25) is 0 Å². The summed E-state index contributed by atoms with van der Waals surface area (Å²) in [6.45, 7) is 0. The van der Waals surface area contributed by atoms with Crippen molar-refractivity contribution in [2.24, 2.45) is 0 Å². The lowest BCUT2D eigenvalue weighted by Gasteiger charge is -2.06. The summed E-state index contributed by atoms with van der Waals surface area (Å²) in [6, 6.07) is 19.4. The van der Waals surface area contributed by atoms with E-state index < -0.39 is 10.7 Å². The molecule has 18 heavy (non-hydrogen) atoms. The molecule has 0 N–H and O–H groups in total. The number of allylic oxidation sites excluding steroid dienone is 1. The van der Waals surface area contributed by atoms with Crippen LogP contribution in [0.25, 0.3) is 5.57 Å². The Bertz CT molecular complexity index is 591. The lowest BCUT2D eigenvalue weighted by Crippen LogP contribution is -1.91. The molecule has 3 heteroatoms. The zero-order valence-corrected chi connectivity index (χ0v) is 10.7. The largest absolute Gasteiger partial charge is 0.227 e. The molecule has 0 unspecified atom stereocenters. The second-order valence-electron chi connectivity index (χ2n) is 3.97. The van der Waals surface area contributed by atoms with Crippen LogP contribution in [0.3, 0.4) is 0 Å². The molecule has 0 saturated heterocycles. The molecule has 0 amide bonds. The highest BCUT2D eigenvalue weighted by Gasteiger charge is 2.03. The van der Waals surface area contributed by atoms with Crippen LogP contribution in [0.1, 0.15) is 11.1 Å². The van der Waals surface area contributed by atoms with Gasteiger partial charge in [0.25, 0.3) is 0 Å². The number of hydrogen-bond acceptors (Lipinski definition) is 2. The van der Waals surface area contributed by atoms with E-state index in [-0.39, 0.29) is 0 Å². The van der Waals surface area contributed by atoms with Gasteiger partial charge in [0.05, 0.1) is 0 Å². The van der Waals surface area contributed by atoms with Crippen molar-refractivity contribution in [3.8, 4) is 0 Å². The van der Waals surface area contributed by atoms with Crippen molar-refractivity contribution in [2.45, 2.75) is 6.42 Å². The molecule has 0 aromatic heterocycles. The third kappa shape index (κ3) is 3.57. The Hall–Kier alpha value is -1.87. The molecule has 0 bridgehead atoms. The lowest BCUT2D eigenvalue weighted by molar-refractivity contribution is 0.622. The van der Waals surface area contributed by atoms with Gasteiger partial charge in [-0.1, -0.05) is 60.7 Å². The van der Waals surface area contributed by atoms with Crippen molar-refractivity contribution < 1.29 is 8.42 Å². The summed E-state index contributed by atoms with van der Waals surface area (Å²) in [5.74, 6) is 0. The summed E-state index contributed by atoms with van der Waals surface area (Å²) in [6.07, 6.45) is 0.619. The quantitative estimate of drug-likeness (QED) is 0.856. The van der Waals surface area contributed by atoms with Crippen LogP contribution in [0, 0.1) is 0 Å². The highest BCUT2D eigenvalue weighted by Crippen LogP contribution is 2.19. The monoisotopic (exact) mass is 258 g/mol. The Morgan fingerprint density at radius 1 is 0.889 bits per heavy atom. The molecule has 2 rings (SSSR count). The Morgan fingerprint density at radius 2 is 1.44 bits per heavy atom. The fourth-order valence-electron chi connectivity index (χ4n) is 1.82. The molecule has 0 saturated carbocycles. The van der Waals surface area contributed by atoms with Crippen molar-refractivity contribution in [1.29, 1.82) is 0 Å². The molecule has 0 aliphatic carbocycles. The summed E-state index contributed by atoms with van der Waals surface area (Å²) in [7, 11) is -2.52. The van der Waals surface area contributed by atoms with Gasteiger partial charge >= 0.3 is 0 Å². The minimum atomic E-state index is -2.52. The van der Waals surface area contributed by atoms with Crippen molar-refractivity contribution >= 4 is 16.3 Å². The molecule has 92 valence electrons. The number of rotatable bonds is 4. The summed E-state index contributed by atoms with van der Waals surface area (Å²) in [4.78, 5) is 0. The molecule has 0 spiro atoms. The van der Waals surface area contributed by atoms with Crippen LogP contribution < -0.4 is 0 Å².